The summed E-state index contributed by atoms with van der Waals surface area (Å²) < 4.78 is 51.8. The van der Waals surface area contributed by atoms with Gasteiger partial charge in [-0.3, -0.25) is 0 Å². The number of rotatable bonds is 6. The molecule has 0 aliphatic rings. The van der Waals surface area contributed by atoms with Crippen LogP contribution in [0.3, 0.4) is 0 Å². The predicted molar refractivity (Wildman–Crippen MR) is 40.0 cm³/mol. The van der Waals surface area contributed by atoms with Gasteiger partial charge in [0.1, 0.15) is 6.61 Å². The predicted octanol–water partition coefficient (Wildman–Crippen LogP) is 1.64. The van der Waals surface area contributed by atoms with Crippen LogP contribution in [0.25, 0.3) is 0 Å². The maximum atomic E-state index is 12.2. The second kappa shape index (κ2) is 5.39. The average molecular weight is 203 g/mol. The van der Waals surface area contributed by atoms with Crippen molar-refractivity contribution >= 4 is 0 Å². The Morgan fingerprint density at radius 1 is 1.38 bits per heavy atom. The molecule has 6 heteroatoms. The van der Waals surface area contributed by atoms with Crippen LogP contribution in [-0.4, -0.2) is 31.6 Å². The van der Waals surface area contributed by atoms with E-state index < -0.39 is 19.0 Å². The average Bonchev–Trinajstić information content (AvgIpc) is 2.03. The van der Waals surface area contributed by atoms with E-state index in [0.717, 1.165) is 0 Å². The summed E-state index contributed by atoms with van der Waals surface area (Å²) in [5.41, 5.74) is 5.32. The lowest BCUT2D eigenvalue weighted by atomic mass is 10.3. The van der Waals surface area contributed by atoms with Crippen LogP contribution in [0.4, 0.5) is 17.6 Å². The van der Waals surface area contributed by atoms with Crippen molar-refractivity contribution < 1.29 is 22.3 Å². The Balaban J connectivity index is 3.63. The fourth-order valence-corrected chi connectivity index (χ4v) is 0.527. The highest BCUT2D eigenvalue weighted by Gasteiger charge is 2.40. The van der Waals surface area contributed by atoms with Gasteiger partial charge in [0.2, 0.25) is 0 Å². The highest BCUT2D eigenvalue weighted by atomic mass is 19.3. The fraction of sp³-hybridized carbons (Fsp3) is 1.00. The maximum Gasteiger partial charge on any atom is 0.330 e. The van der Waals surface area contributed by atoms with Crippen LogP contribution in [0, 0.1) is 0 Å². The molecule has 0 rings (SSSR count). The van der Waals surface area contributed by atoms with Crippen LogP contribution in [0.5, 0.6) is 0 Å². The van der Waals surface area contributed by atoms with Crippen LogP contribution in [-0.2, 0) is 4.74 Å². The summed E-state index contributed by atoms with van der Waals surface area (Å²) in [5, 5.41) is 0. The molecule has 2 N–H and O–H groups in total. The number of alkyl halides is 4. The van der Waals surface area contributed by atoms with E-state index in [2.05, 4.69) is 4.74 Å². The first kappa shape index (κ1) is 12.6. The summed E-state index contributed by atoms with van der Waals surface area (Å²) in [6.07, 6.45) is -3.13. The van der Waals surface area contributed by atoms with Crippen molar-refractivity contribution in [3.8, 4) is 0 Å². The van der Waals surface area contributed by atoms with Crippen molar-refractivity contribution in [1.29, 1.82) is 0 Å². The summed E-state index contributed by atoms with van der Waals surface area (Å²) in [6.45, 7) is 0.344. The lowest BCUT2D eigenvalue weighted by Crippen LogP contribution is -2.35. The molecule has 0 aromatic carbocycles. The van der Waals surface area contributed by atoms with E-state index in [-0.39, 0.29) is 12.6 Å². The van der Waals surface area contributed by atoms with Crippen molar-refractivity contribution in [3.05, 3.63) is 0 Å². The molecule has 0 aromatic heterocycles. The normalized spacial score (nSPS) is 15.0. The van der Waals surface area contributed by atoms with Gasteiger partial charge in [0, 0.05) is 6.04 Å². The third-order valence-corrected chi connectivity index (χ3v) is 1.47. The molecule has 0 fully saturated rings. The standard InChI is InChI=1S/C7H13F4NO/c1-2-5(12)3-13-4-7(10,11)6(8)9/h5-6H,2-4,12H2,1H3/t5-/m1/s1. The number of halogens is 4. The molecule has 0 bridgehead atoms. The molecule has 0 unspecified atom stereocenters. The van der Waals surface area contributed by atoms with E-state index in [0.29, 0.717) is 6.42 Å². The van der Waals surface area contributed by atoms with Crippen LogP contribution in [0.1, 0.15) is 13.3 Å². The van der Waals surface area contributed by atoms with Gasteiger partial charge in [0.05, 0.1) is 6.61 Å². The van der Waals surface area contributed by atoms with Gasteiger partial charge in [0.15, 0.2) is 0 Å². The first-order valence-electron chi connectivity index (χ1n) is 3.89. The molecule has 0 radical (unpaired) electrons. The topological polar surface area (TPSA) is 35.2 Å². The number of hydrogen-bond donors (Lipinski definition) is 1. The molecule has 80 valence electrons. The zero-order valence-electron chi connectivity index (χ0n) is 7.27. The summed E-state index contributed by atoms with van der Waals surface area (Å²) in [4.78, 5) is 0. The fourth-order valence-electron chi connectivity index (χ4n) is 0.527. The minimum Gasteiger partial charge on any atom is -0.373 e. The van der Waals surface area contributed by atoms with Gasteiger partial charge in [-0.05, 0) is 6.42 Å². The minimum atomic E-state index is -4.08. The molecule has 0 amide bonds. The van der Waals surface area contributed by atoms with Crippen molar-refractivity contribution in [2.24, 2.45) is 5.73 Å². The number of hydrogen-bond acceptors (Lipinski definition) is 2. The Bertz CT molecular complexity index is 142. The third-order valence-electron chi connectivity index (χ3n) is 1.47. The molecule has 0 aliphatic carbocycles. The maximum absolute atomic E-state index is 12.2. The van der Waals surface area contributed by atoms with Gasteiger partial charge >= 0.3 is 12.3 Å². The Labute approximate surface area is 74.0 Å². The van der Waals surface area contributed by atoms with Crippen molar-refractivity contribution in [2.45, 2.75) is 31.7 Å². The van der Waals surface area contributed by atoms with Crippen molar-refractivity contribution in [2.75, 3.05) is 13.2 Å². The molecule has 0 aliphatic heterocycles. The summed E-state index contributed by atoms with van der Waals surface area (Å²) in [5.74, 6) is -4.08. The van der Waals surface area contributed by atoms with Crippen LogP contribution < -0.4 is 5.73 Å². The zero-order chi connectivity index (χ0) is 10.5. The largest absolute Gasteiger partial charge is 0.373 e. The van der Waals surface area contributed by atoms with Crippen molar-refractivity contribution in [1.82, 2.24) is 0 Å². The van der Waals surface area contributed by atoms with Gasteiger partial charge < -0.3 is 10.5 Å². The Hall–Kier alpha value is -0.360. The molecule has 0 spiro atoms. The van der Waals surface area contributed by atoms with Gasteiger partial charge in [-0.15, -0.1) is 0 Å². The van der Waals surface area contributed by atoms with E-state index in [4.69, 9.17) is 5.73 Å². The highest BCUT2D eigenvalue weighted by molar-refractivity contribution is 4.68. The molecule has 0 heterocycles. The number of ether oxygens (including phenoxy) is 1. The summed E-state index contributed by atoms with van der Waals surface area (Å²) in [6, 6.07) is -0.381. The van der Waals surface area contributed by atoms with Crippen molar-refractivity contribution in [3.63, 3.8) is 0 Å². The molecule has 2 nitrogen and oxygen atoms in total. The van der Waals surface area contributed by atoms with E-state index in [1.54, 1.807) is 6.92 Å². The van der Waals surface area contributed by atoms with Crippen LogP contribution >= 0.6 is 0 Å². The van der Waals surface area contributed by atoms with E-state index in [1.165, 1.54) is 0 Å². The summed E-state index contributed by atoms with van der Waals surface area (Å²) >= 11 is 0. The second-order valence-electron chi connectivity index (χ2n) is 2.75. The summed E-state index contributed by atoms with van der Waals surface area (Å²) in [7, 11) is 0. The van der Waals surface area contributed by atoms with Gasteiger partial charge in [-0.2, -0.15) is 8.78 Å². The molecule has 1 atom stereocenters. The monoisotopic (exact) mass is 203 g/mol. The van der Waals surface area contributed by atoms with E-state index in [9.17, 15) is 17.6 Å². The molecule has 13 heavy (non-hydrogen) atoms. The van der Waals surface area contributed by atoms with Crippen LogP contribution in [0.15, 0.2) is 0 Å². The molecule has 0 aromatic rings. The zero-order valence-corrected chi connectivity index (χ0v) is 7.27. The van der Waals surface area contributed by atoms with Gasteiger partial charge in [0.25, 0.3) is 0 Å². The smallest absolute Gasteiger partial charge is 0.330 e. The molecule has 0 saturated carbocycles. The lowest BCUT2D eigenvalue weighted by molar-refractivity contribution is -0.166. The van der Waals surface area contributed by atoms with Crippen LogP contribution in [0.2, 0.25) is 0 Å². The Morgan fingerprint density at radius 2 is 1.92 bits per heavy atom. The van der Waals surface area contributed by atoms with Gasteiger partial charge in [-0.25, -0.2) is 8.78 Å². The molecular formula is C7H13F4NO. The first-order valence-corrected chi connectivity index (χ1v) is 3.89. The Morgan fingerprint density at radius 3 is 2.31 bits per heavy atom. The Kier molecular flexibility index (Phi) is 5.24. The number of nitrogens with two attached hydrogens (primary N) is 1. The third kappa shape index (κ3) is 5.05. The van der Waals surface area contributed by atoms with E-state index >= 15 is 0 Å². The quantitative estimate of drug-likeness (QED) is 0.666. The highest BCUT2D eigenvalue weighted by Crippen LogP contribution is 2.22. The first-order chi connectivity index (χ1) is 5.90. The molecule has 0 saturated heterocycles. The molecular weight excluding hydrogens is 190 g/mol. The SMILES string of the molecule is CC[C@@H](N)COCC(F)(F)C(F)F. The lowest BCUT2D eigenvalue weighted by Gasteiger charge is -2.16. The van der Waals surface area contributed by atoms with Gasteiger partial charge in [-0.1, -0.05) is 6.92 Å². The second-order valence-corrected chi connectivity index (χ2v) is 2.75. The minimum absolute atomic E-state index is 0.126. The van der Waals surface area contributed by atoms with E-state index in [1.807, 2.05) is 0 Å².